The number of pyridine rings is 1. The highest BCUT2D eigenvalue weighted by atomic mass is 16.5. The van der Waals surface area contributed by atoms with Crippen molar-refractivity contribution in [2.75, 3.05) is 24.6 Å². The van der Waals surface area contributed by atoms with Crippen LogP contribution in [-0.2, 0) is 13.1 Å². The Kier molecular flexibility index (Phi) is 7.13. The minimum absolute atomic E-state index is 0.285. The largest absolute Gasteiger partial charge is 0.481 e. The van der Waals surface area contributed by atoms with E-state index in [2.05, 4.69) is 47.1 Å². The van der Waals surface area contributed by atoms with E-state index >= 15 is 0 Å². The van der Waals surface area contributed by atoms with Gasteiger partial charge in [-0.3, -0.25) is 0 Å². The third-order valence-corrected chi connectivity index (χ3v) is 3.82. The second-order valence-electron chi connectivity index (χ2n) is 5.40. The number of hydrogen-bond donors (Lipinski definition) is 1. The Morgan fingerprint density at radius 1 is 1.12 bits per heavy atom. The zero-order chi connectivity index (χ0) is 17.2. The number of aromatic nitrogens is 1. The number of nitrogens with one attached hydrogen (secondary N) is 1. The fourth-order valence-corrected chi connectivity index (χ4v) is 2.51. The molecular formula is C20H25N3O. The van der Waals surface area contributed by atoms with E-state index in [1.165, 1.54) is 0 Å². The maximum Gasteiger partial charge on any atom is 0.148 e. The minimum Gasteiger partial charge on any atom is -0.481 e. The van der Waals surface area contributed by atoms with Crippen LogP contribution in [0, 0.1) is 12.3 Å². The summed E-state index contributed by atoms with van der Waals surface area (Å²) in [6.07, 6.45) is 7.19. The average Bonchev–Trinajstić information content (AvgIpc) is 2.63. The molecule has 0 aliphatic carbocycles. The molecule has 4 heteroatoms. The Hall–Kier alpha value is -2.51. The van der Waals surface area contributed by atoms with Crippen LogP contribution in [0.1, 0.15) is 25.0 Å². The van der Waals surface area contributed by atoms with E-state index in [0.717, 1.165) is 48.9 Å². The van der Waals surface area contributed by atoms with Crippen molar-refractivity contribution in [3.05, 3.63) is 53.7 Å². The Balaban J connectivity index is 1.89. The average molecular weight is 323 g/mol. The first kappa shape index (κ1) is 17.8. The Morgan fingerprint density at radius 3 is 2.58 bits per heavy atom. The minimum atomic E-state index is 0.285. The molecule has 24 heavy (non-hydrogen) atoms. The van der Waals surface area contributed by atoms with Gasteiger partial charge in [0.25, 0.3) is 0 Å². The van der Waals surface area contributed by atoms with E-state index in [9.17, 15) is 0 Å². The highest BCUT2D eigenvalue weighted by Crippen LogP contribution is 2.18. The van der Waals surface area contributed by atoms with E-state index < -0.39 is 0 Å². The van der Waals surface area contributed by atoms with Gasteiger partial charge in [-0.1, -0.05) is 30.2 Å². The van der Waals surface area contributed by atoms with Gasteiger partial charge in [0.1, 0.15) is 18.2 Å². The highest BCUT2D eigenvalue weighted by molar-refractivity contribution is 5.39. The molecule has 1 aromatic heterocycles. The van der Waals surface area contributed by atoms with Gasteiger partial charge in [-0.15, -0.1) is 6.42 Å². The molecule has 0 aliphatic rings. The second-order valence-corrected chi connectivity index (χ2v) is 5.40. The summed E-state index contributed by atoms with van der Waals surface area (Å²) in [6, 6.07) is 12.1. The van der Waals surface area contributed by atoms with Crippen molar-refractivity contribution in [3.63, 3.8) is 0 Å². The molecule has 0 amide bonds. The SMILES string of the molecule is C#CCOc1ccccc1CNCc1ccc(N(CC)CC)nc1. The molecule has 1 heterocycles. The Morgan fingerprint density at radius 2 is 1.92 bits per heavy atom. The highest BCUT2D eigenvalue weighted by Gasteiger charge is 2.04. The number of para-hydroxylation sites is 1. The molecule has 0 saturated heterocycles. The second kappa shape index (κ2) is 9.59. The summed E-state index contributed by atoms with van der Waals surface area (Å²) in [5.74, 6) is 4.35. The molecule has 4 nitrogen and oxygen atoms in total. The summed E-state index contributed by atoms with van der Waals surface area (Å²) in [7, 11) is 0. The summed E-state index contributed by atoms with van der Waals surface area (Å²) in [5.41, 5.74) is 2.26. The lowest BCUT2D eigenvalue weighted by Crippen LogP contribution is -2.23. The van der Waals surface area contributed by atoms with Crippen molar-refractivity contribution < 1.29 is 4.74 Å². The number of terminal acetylenes is 1. The predicted octanol–water partition coefficient (Wildman–Crippen LogP) is 3.23. The molecular weight excluding hydrogens is 298 g/mol. The van der Waals surface area contributed by atoms with Crippen molar-refractivity contribution in [1.82, 2.24) is 10.3 Å². The van der Waals surface area contributed by atoms with Crippen molar-refractivity contribution in [3.8, 4) is 18.1 Å². The number of benzene rings is 1. The molecule has 2 rings (SSSR count). The summed E-state index contributed by atoms with van der Waals surface area (Å²) in [6.45, 7) is 7.98. The third-order valence-electron chi connectivity index (χ3n) is 3.82. The van der Waals surface area contributed by atoms with Gasteiger partial charge in [0.15, 0.2) is 0 Å². The van der Waals surface area contributed by atoms with Gasteiger partial charge in [0.2, 0.25) is 0 Å². The van der Waals surface area contributed by atoms with Crippen molar-refractivity contribution in [2.24, 2.45) is 0 Å². The summed E-state index contributed by atoms with van der Waals surface area (Å²) >= 11 is 0. The van der Waals surface area contributed by atoms with Crippen molar-refractivity contribution in [1.29, 1.82) is 0 Å². The fraction of sp³-hybridized carbons (Fsp3) is 0.350. The lowest BCUT2D eigenvalue weighted by atomic mass is 10.2. The van der Waals surface area contributed by atoms with E-state index in [1.807, 2.05) is 30.5 Å². The fourth-order valence-electron chi connectivity index (χ4n) is 2.51. The standard InChI is InChI=1S/C20H25N3O/c1-4-13-24-19-10-8-7-9-18(19)16-21-14-17-11-12-20(22-15-17)23(5-2)6-3/h1,7-12,15,21H,5-6,13-14,16H2,2-3H3. The Bertz CT molecular complexity index is 657. The van der Waals surface area contributed by atoms with Crippen LogP contribution in [0.2, 0.25) is 0 Å². The lowest BCUT2D eigenvalue weighted by Gasteiger charge is -2.19. The molecule has 2 aromatic rings. The van der Waals surface area contributed by atoms with E-state index in [-0.39, 0.29) is 6.61 Å². The van der Waals surface area contributed by atoms with Gasteiger partial charge in [-0.25, -0.2) is 4.98 Å². The number of anilines is 1. The van der Waals surface area contributed by atoms with E-state index in [1.54, 1.807) is 0 Å². The van der Waals surface area contributed by atoms with Crippen LogP contribution in [0.25, 0.3) is 0 Å². The summed E-state index contributed by atoms with van der Waals surface area (Å²) in [4.78, 5) is 6.78. The van der Waals surface area contributed by atoms with Gasteiger partial charge in [0.05, 0.1) is 0 Å². The van der Waals surface area contributed by atoms with Crippen LogP contribution in [0.5, 0.6) is 5.75 Å². The maximum atomic E-state index is 5.56. The van der Waals surface area contributed by atoms with Crippen LogP contribution in [0.4, 0.5) is 5.82 Å². The van der Waals surface area contributed by atoms with Gasteiger partial charge in [0, 0.05) is 37.9 Å². The molecule has 1 N–H and O–H groups in total. The van der Waals surface area contributed by atoms with Crippen molar-refractivity contribution in [2.45, 2.75) is 26.9 Å². The predicted molar refractivity (Wildman–Crippen MR) is 99.1 cm³/mol. The summed E-state index contributed by atoms with van der Waals surface area (Å²) < 4.78 is 5.56. The maximum absolute atomic E-state index is 5.56. The smallest absolute Gasteiger partial charge is 0.148 e. The Labute approximate surface area is 144 Å². The summed E-state index contributed by atoms with van der Waals surface area (Å²) in [5, 5.41) is 3.43. The zero-order valence-electron chi connectivity index (χ0n) is 14.5. The van der Waals surface area contributed by atoms with Crippen LogP contribution in [0.15, 0.2) is 42.6 Å². The van der Waals surface area contributed by atoms with E-state index in [0.29, 0.717) is 0 Å². The van der Waals surface area contributed by atoms with Gasteiger partial charge in [-0.2, -0.15) is 0 Å². The monoisotopic (exact) mass is 323 g/mol. The van der Waals surface area contributed by atoms with Gasteiger partial charge >= 0.3 is 0 Å². The lowest BCUT2D eigenvalue weighted by molar-refractivity contribution is 0.365. The first-order chi connectivity index (χ1) is 11.8. The topological polar surface area (TPSA) is 37.4 Å². The molecule has 0 fully saturated rings. The molecule has 126 valence electrons. The molecule has 0 bridgehead atoms. The van der Waals surface area contributed by atoms with Crippen LogP contribution in [0.3, 0.4) is 0 Å². The molecule has 0 saturated carbocycles. The zero-order valence-corrected chi connectivity index (χ0v) is 14.5. The molecule has 0 atom stereocenters. The third kappa shape index (κ3) is 5.00. The van der Waals surface area contributed by atoms with E-state index in [4.69, 9.17) is 11.2 Å². The normalized spacial score (nSPS) is 10.2. The first-order valence-electron chi connectivity index (χ1n) is 8.33. The first-order valence-corrected chi connectivity index (χ1v) is 8.33. The number of ether oxygens (including phenoxy) is 1. The van der Waals surface area contributed by atoms with Crippen LogP contribution >= 0.6 is 0 Å². The quantitative estimate of drug-likeness (QED) is 0.719. The van der Waals surface area contributed by atoms with Gasteiger partial charge < -0.3 is 15.0 Å². The van der Waals surface area contributed by atoms with Crippen LogP contribution < -0.4 is 15.0 Å². The molecule has 0 unspecified atom stereocenters. The number of nitrogens with zero attached hydrogens (tertiary/aromatic N) is 2. The van der Waals surface area contributed by atoms with Crippen LogP contribution in [-0.4, -0.2) is 24.7 Å². The molecule has 0 aliphatic heterocycles. The number of rotatable bonds is 9. The molecule has 0 radical (unpaired) electrons. The molecule has 1 aromatic carbocycles. The molecule has 0 spiro atoms. The van der Waals surface area contributed by atoms with Crippen molar-refractivity contribution >= 4 is 5.82 Å². The number of hydrogen-bond acceptors (Lipinski definition) is 4. The van der Waals surface area contributed by atoms with Gasteiger partial charge in [-0.05, 0) is 31.5 Å².